The number of likely N-dealkylation sites (tertiary alicyclic amines) is 1. The molecule has 1 nitrogen and oxygen atoms in total. The lowest BCUT2D eigenvalue weighted by atomic mass is 9.87. The summed E-state index contributed by atoms with van der Waals surface area (Å²) in [6, 6.07) is 0.144. The van der Waals surface area contributed by atoms with Gasteiger partial charge in [0.05, 0.1) is 0 Å². The van der Waals surface area contributed by atoms with Gasteiger partial charge < -0.3 is 0 Å². The molecule has 1 saturated heterocycles. The normalized spacial score (nSPS) is 23.7. The van der Waals surface area contributed by atoms with Crippen molar-refractivity contribution in [3.63, 3.8) is 0 Å². The summed E-state index contributed by atoms with van der Waals surface area (Å²) in [5, 5.41) is 0. The molecule has 0 aromatic carbocycles. The molecule has 0 aliphatic carbocycles. The molecule has 0 radical (unpaired) electrons. The molecule has 66 valence electrons. The average molecular weight is 159 g/mol. The van der Waals surface area contributed by atoms with E-state index in [1.165, 1.54) is 0 Å². The summed E-state index contributed by atoms with van der Waals surface area (Å²) in [6.07, 6.45) is 0. The monoisotopic (exact) mass is 159 g/mol. The molecule has 0 amide bonds. The summed E-state index contributed by atoms with van der Waals surface area (Å²) in [5.41, 5.74) is 0. The van der Waals surface area contributed by atoms with Crippen LogP contribution in [-0.2, 0) is 0 Å². The zero-order valence-corrected chi connectivity index (χ0v) is 7.68. The fraction of sp³-hybridized carbons (Fsp3) is 1.00. The van der Waals surface area contributed by atoms with Crippen LogP contribution in [0.1, 0.15) is 20.8 Å². The van der Waals surface area contributed by atoms with Gasteiger partial charge in [0.15, 0.2) is 0 Å². The van der Waals surface area contributed by atoms with Crippen LogP contribution < -0.4 is 0 Å². The van der Waals surface area contributed by atoms with Gasteiger partial charge >= 0.3 is 0 Å². The van der Waals surface area contributed by atoms with Crippen molar-refractivity contribution in [2.75, 3.05) is 19.8 Å². The van der Waals surface area contributed by atoms with Crippen molar-refractivity contribution in [3.05, 3.63) is 0 Å². The first-order valence-corrected chi connectivity index (χ1v) is 4.45. The van der Waals surface area contributed by atoms with Crippen LogP contribution in [0, 0.1) is 11.8 Å². The lowest BCUT2D eigenvalue weighted by Crippen LogP contribution is -2.53. The van der Waals surface area contributed by atoms with E-state index in [2.05, 4.69) is 18.7 Å². The minimum Gasteiger partial charge on any atom is -0.297 e. The van der Waals surface area contributed by atoms with Crippen LogP contribution in [0.2, 0.25) is 0 Å². The van der Waals surface area contributed by atoms with Crippen LogP contribution in [0.5, 0.6) is 0 Å². The lowest BCUT2D eigenvalue weighted by molar-refractivity contribution is 0.0254. The molecule has 0 aromatic heterocycles. The van der Waals surface area contributed by atoms with Crippen molar-refractivity contribution in [2.24, 2.45) is 11.8 Å². The van der Waals surface area contributed by atoms with E-state index >= 15 is 0 Å². The number of halogens is 1. The smallest absolute Gasteiger partial charge is 0.105 e. The third-order valence-electron chi connectivity index (χ3n) is 2.73. The van der Waals surface area contributed by atoms with Crippen molar-refractivity contribution < 1.29 is 4.39 Å². The highest BCUT2D eigenvalue weighted by atomic mass is 19.1. The summed E-state index contributed by atoms with van der Waals surface area (Å²) >= 11 is 0. The van der Waals surface area contributed by atoms with Gasteiger partial charge in [0.25, 0.3) is 0 Å². The Labute approximate surface area is 68.6 Å². The molecule has 1 aliphatic heterocycles. The molecule has 1 atom stereocenters. The second-order valence-corrected chi connectivity index (χ2v) is 3.96. The van der Waals surface area contributed by atoms with E-state index in [-0.39, 0.29) is 12.7 Å². The van der Waals surface area contributed by atoms with Crippen LogP contribution >= 0.6 is 0 Å². The van der Waals surface area contributed by atoms with E-state index in [1.54, 1.807) is 0 Å². The molecule has 1 heterocycles. The van der Waals surface area contributed by atoms with Crippen LogP contribution in [-0.4, -0.2) is 30.7 Å². The summed E-state index contributed by atoms with van der Waals surface area (Å²) in [5.74, 6) is 1.57. The Hall–Kier alpha value is -0.110. The Morgan fingerprint density at radius 3 is 2.27 bits per heavy atom. The summed E-state index contributed by atoms with van der Waals surface area (Å²) in [4.78, 5) is 2.21. The molecule has 0 aromatic rings. The summed E-state index contributed by atoms with van der Waals surface area (Å²) < 4.78 is 12.1. The van der Waals surface area contributed by atoms with Crippen molar-refractivity contribution in [1.82, 2.24) is 4.90 Å². The number of nitrogens with zero attached hydrogens (tertiary/aromatic N) is 1. The molecule has 1 unspecified atom stereocenters. The van der Waals surface area contributed by atoms with E-state index < -0.39 is 0 Å². The van der Waals surface area contributed by atoms with Gasteiger partial charge in [0, 0.05) is 19.1 Å². The van der Waals surface area contributed by atoms with Gasteiger partial charge in [-0.2, -0.15) is 0 Å². The highest BCUT2D eigenvalue weighted by Gasteiger charge is 2.31. The van der Waals surface area contributed by atoms with Gasteiger partial charge in [0.2, 0.25) is 0 Å². The maximum atomic E-state index is 12.1. The maximum absolute atomic E-state index is 12.1. The Morgan fingerprint density at radius 2 is 1.91 bits per heavy atom. The van der Waals surface area contributed by atoms with E-state index in [0.717, 1.165) is 24.9 Å². The summed E-state index contributed by atoms with van der Waals surface area (Å²) in [6.45, 7) is 8.43. The van der Waals surface area contributed by atoms with E-state index in [0.29, 0.717) is 0 Å². The fourth-order valence-corrected chi connectivity index (χ4v) is 1.43. The Balaban J connectivity index is 2.18. The van der Waals surface area contributed by atoms with Crippen molar-refractivity contribution in [1.29, 1.82) is 0 Å². The molecule has 1 rings (SSSR count). The molecule has 0 spiro atoms. The zero-order valence-electron chi connectivity index (χ0n) is 7.68. The fourth-order valence-electron chi connectivity index (χ4n) is 1.43. The first kappa shape index (κ1) is 8.98. The van der Waals surface area contributed by atoms with Crippen LogP contribution in [0.25, 0.3) is 0 Å². The molecular formula is C9H18FN. The van der Waals surface area contributed by atoms with Crippen molar-refractivity contribution in [2.45, 2.75) is 26.8 Å². The molecule has 1 aliphatic rings. The van der Waals surface area contributed by atoms with Crippen LogP contribution in [0.4, 0.5) is 4.39 Å². The predicted octanol–water partition coefficient (Wildman–Crippen LogP) is 1.93. The number of hydrogen-bond acceptors (Lipinski definition) is 1. The topological polar surface area (TPSA) is 3.24 Å². The van der Waals surface area contributed by atoms with E-state index in [4.69, 9.17) is 0 Å². The molecule has 1 fully saturated rings. The number of alkyl halides is 1. The van der Waals surface area contributed by atoms with Crippen LogP contribution in [0.3, 0.4) is 0 Å². The zero-order chi connectivity index (χ0) is 8.43. The molecule has 2 heteroatoms. The Kier molecular flexibility index (Phi) is 2.88. The number of hydrogen-bond donors (Lipinski definition) is 0. The van der Waals surface area contributed by atoms with Gasteiger partial charge in [-0.3, -0.25) is 4.90 Å². The van der Waals surface area contributed by atoms with Gasteiger partial charge in [-0.15, -0.1) is 0 Å². The maximum Gasteiger partial charge on any atom is 0.105 e. The second kappa shape index (κ2) is 3.53. The van der Waals surface area contributed by atoms with Crippen molar-refractivity contribution >= 4 is 0 Å². The predicted molar refractivity (Wildman–Crippen MR) is 45.3 cm³/mol. The van der Waals surface area contributed by atoms with Gasteiger partial charge in [-0.1, -0.05) is 13.8 Å². The molecule has 11 heavy (non-hydrogen) atoms. The standard InChI is InChI=1S/C9H18FN/c1-7(2)9-5-11(6-9)8(3)4-10/h7-9H,4-6H2,1-3H3. The second-order valence-electron chi connectivity index (χ2n) is 3.96. The highest BCUT2D eigenvalue weighted by molar-refractivity contribution is 4.84. The van der Waals surface area contributed by atoms with E-state index in [1.807, 2.05) is 6.92 Å². The van der Waals surface area contributed by atoms with Gasteiger partial charge in [-0.25, -0.2) is 4.39 Å². The number of rotatable bonds is 3. The minimum absolute atomic E-state index is 0.144. The van der Waals surface area contributed by atoms with Crippen molar-refractivity contribution in [3.8, 4) is 0 Å². The molecule has 0 bridgehead atoms. The summed E-state index contributed by atoms with van der Waals surface area (Å²) in [7, 11) is 0. The third-order valence-corrected chi connectivity index (χ3v) is 2.73. The molecule has 0 N–H and O–H groups in total. The molecular weight excluding hydrogens is 141 g/mol. The largest absolute Gasteiger partial charge is 0.297 e. The Morgan fingerprint density at radius 1 is 1.36 bits per heavy atom. The minimum atomic E-state index is -0.204. The first-order valence-electron chi connectivity index (χ1n) is 4.45. The SMILES string of the molecule is CC(C)C1CN(C(C)CF)C1. The van der Waals surface area contributed by atoms with Gasteiger partial charge in [-0.05, 0) is 18.8 Å². The first-order chi connectivity index (χ1) is 5.15. The quantitative estimate of drug-likeness (QED) is 0.608. The average Bonchev–Trinajstić information content (AvgIpc) is 1.83. The highest BCUT2D eigenvalue weighted by Crippen LogP contribution is 2.24. The van der Waals surface area contributed by atoms with Gasteiger partial charge in [0.1, 0.15) is 6.67 Å². The third kappa shape index (κ3) is 1.92. The lowest BCUT2D eigenvalue weighted by Gasteiger charge is -2.44. The Bertz CT molecular complexity index is 119. The molecule has 0 saturated carbocycles. The van der Waals surface area contributed by atoms with E-state index in [9.17, 15) is 4.39 Å². The van der Waals surface area contributed by atoms with Crippen LogP contribution in [0.15, 0.2) is 0 Å².